The van der Waals surface area contributed by atoms with Crippen LogP contribution in [0.5, 0.6) is 0 Å². The number of carbonyl (C=O) groups is 1. The van der Waals surface area contributed by atoms with Crippen LogP contribution in [0.4, 0.5) is 32.2 Å². The number of pyridine rings is 1. The Labute approximate surface area is 183 Å². The van der Waals surface area contributed by atoms with Gasteiger partial charge >= 0.3 is 12.4 Å². The summed E-state index contributed by atoms with van der Waals surface area (Å²) in [6.07, 6.45) is -8.00. The number of amides is 1. The van der Waals surface area contributed by atoms with E-state index >= 15 is 0 Å². The molecule has 1 atom stereocenters. The van der Waals surface area contributed by atoms with Crippen LogP contribution in [0.3, 0.4) is 0 Å². The van der Waals surface area contributed by atoms with Crippen LogP contribution in [-0.2, 0) is 12.4 Å². The number of hydrogen-bond donors (Lipinski definition) is 3. The lowest BCUT2D eigenvalue weighted by atomic mass is 9.98. The van der Waals surface area contributed by atoms with Crippen molar-refractivity contribution in [2.24, 2.45) is 5.73 Å². The Kier molecular flexibility index (Phi) is 6.72. The van der Waals surface area contributed by atoms with E-state index < -0.39 is 35.4 Å². The normalized spacial score (nSPS) is 13.2. The number of aromatic nitrogens is 3. The predicted molar refractivity (Wildman–Crippen MR) is 107 cm³/mol. The number of primary amides is 1. The molecule has 0 radical (unpaired) electrons. The third-order valence-corrected chi connectivity index (χ3v) is 4.75. The molecule has 4 N–H and O–H groups in total. The highest BCUT2D eigenvalue weighted by atomic mass is 19.4. The number of hydrogen-bond acceptors (Lipinski definition) is 6. The van der Waals surface area contributed by atoms with Gasteiger partial charge in [-0.3, -0.25) is 9.78 Å². The van der Waals surface area contributed by atoms with Gasteiger partial charge in [0.2, 0.25) is 0 Å². The van der Waals surface area contributed by atoms with Crippen LogP contribution < -0.4 is 16.4 Å². The highest BCUT2D eigenvalue weighted by Gasteiger charge is 2.43. The standard InChI is InChI=1S/C20H18F6N6O/c1-2-28-8-14(10-3-4-12(19(21,22)23)13(7-10)20(24,25)26)32-18-16-15(30-9-31-18)11(17(27)33)5-6-29-16/h3-7,9,14,28H,2,8H2,1H3,(H2,27,33)(H,30,31,32). The molecular formula is C20H18F6N6O. The van der Waals surface area contributed by atoms with Gasteiger partial charge < -0.3 is 16.4 Å². The molecule has 176 valence electrons. The van der Waals surface area contributed by atoms with Crippen molar-refractivity contribution in [3.8, 4) is 0 Å². The van der Waals surface area contributed by atoms with E-state index in [4.69, 9.17) is 5.73 Å². The number of carbonyl (C=O) groups excluding carboxylic acids is 1. The summed E-state index contributed by atoms with van der Waals surface area (Å²) in [4.78, 5) is 23.8. The van der Waals surface area contributed by atoms with Crippen LogP contribution in [0.15, 0.2) is 36.8 Å². The van der Waals surface area contributed by atoms with E-state index in [1.165, 1.54) is 12.3 Å². The second-order valence-corrected chi connectivity index (χ2v) is 6.95. The number of rotatable bonds is 7. The van der Waals surface area contributed by atoms with Crippen LogP contribution >= 0.6 is 0 Å². The molecule has 1 unspecified atom stereocenters. The molecule has 0 saturated heterocycles. The molecule has 1 aromatic carbocycles. The number of fused-ring (bicyclic) bond motifs is 1. The first-order chi connectivity index (χ1) is 15.4. The molecule has 0 saturated carbocycles. The van der Waals surface area contributed by atoms with Gasteiger partial charge in [0.1, 0.15) is 17.4 Å². The zero-order valence-electron chi connectivity index (χ0n) is 17.1. The van der Waals surface area contributed by atoms with Gasteiger partial charge in [0.25, 0.3) is 5.91 Å². The molecular weight excluding hydrogens is 454 g/mol. The second kappa shape index (κ2) is 9.17. The number of benzene rings is 1. The Bertz CT molecular complexity index is 1160. The molecule has 2 aromatic heterocycles. The highest BCUT2D eigenvalue weighted by Crippen LogP contribution is 2.41. The quantitative estimate of drug-likeness (QED) is 0.450. The van der Waals surface area contributed by atoms with Gasteiger partial charge in [-0.05, 0) is 30.3 Å². The summed E-state index contributed by atoms with van der Waals surface area (Å²) < 4.78 is 79.7. The molecule has 0 aliphatic rings. The smallest absolute Gasteiger partial charge is 0.366 e. The number of halogens is 6. The highest BCUT2D eigenvalue weighted by molar-refractivity contribution is 6.05. The monoisotopic (exact) mass is 472 g/mol. The summed E-state index contributed by atoms with van der Waals surface area (Å²) in [6.45, 7) is 2.26. The fourth-order valence-corrected chi connectivity index (χ4v) is 3.23. The maximum absolute atomic E-state index is 13.4. The number of alkyl halides is 6. The second-order valence-electron chi connectivity index (χ2n) is 6.95. The molecule has 7 nitrogen and oxygen atoms in total. The van der Waals surface area contributed by atoms with Crippen LogP contribution in [-0.4, -0.2) is 33.9 Å². The summed E-state index contributed by atoms with van der Waals surface area (Å²) >= 11 is 0. The number of nitrogens with zero attached hydrogens (tertiary/aromatic N) is 3. The SMILES string of the molecule is CCNCC(Nc1ncnc2c(C(N)=O)ccnc12)c1ccc(C(F)(F)F)c(C(F)(F)F)c1. The van der Waals surface area contributed by atoms with E-state index in [1.807, 2.05) is 0 Å². The van der Waals surface area contributed by atoms with Crippen molar-refractivity contribution in [3.05, 3.63) is 59.0 Å². The minimum Gasteiger partial charge on any atom is -0.366 e. The van der Waals surface area contributed by atoms with Gasteiger partial charge in [-0.15, -0.1) is 0 Å². The molecule has 0 aliphatic heterocycles. The fourth-order valence-electron chi connectivity index (χ4n) is 3.23. The largest absolute Gasteiger partial charge is 0.417 e. The van der Waals surface area contributed by atoms with Gasteiger partial charge in [0.15, 0.2) is 5.82 Å². The molecule has 3 aromatic rings. The Morgan fingerprint density at radius 1 is 1.00 bits per heavy atom. The zero-order chi connectivity index (χ0) is 24.4. The molecule has 1 amide bonds. The summed E-state index contributed by atoms with van der Waals surface area (Å²) in [7, 11) is 0. The minimum absolute atomic E-state index is 0.0557. The molecule has 0 spiro atoms. The van der Waals surface area contributed by atoms with Crippen molar-refractivity contribution in [2.75, 3.05) is 18.4 Å². The summed E-state index contributed by atoms with van der Waals surface area (Å²) in [6, 6.07) is 2.26. The minimum atomic E-state index is -5.22. The Balaban J connectivity index is 2.10. The first kappa shape index (κ1) is 24.2. The Morgan fingerprint density at radius 3 is 2.30 bits per heavy atom. The lowest BCUT2D eigenvalue weighted by Gasteiger charge is -2.23. The van der Waals surface area contributed by atoms with Gasteiger partial charge in [0.05, 0.1) is 22.7 Å². The van der Waals surface area contributed by atoms with Crippen molar-refractivity contribution in [2.45, 2.75) is 25.3 Å². The van der Waals surface area contributed by atoms with Gasteiger partial charge in [-0.2, -0.15) is 26.3 Å². The molecule has 33 heavy (non-hydrogen) atoms. The molecule has 0 fully saturated rings. The van der Waals surface area contributed by atoms with Crippen molar-refractivity contribution in [1.29, 1.82) is 0 Å². The van der Waals surface area contributed by atoms with Gasteiger partial charge in [0, 0.05) is 12.7 Å². The number of anilines is 1. The van der Waals surface area contributed by atoms with E-state index in [2.05, 4.69) is 25.6 Å². The van der Waals surface area contributed by atoms with Gasteiger partial charge in [-0.25, -0.2) is 9.97 Å². The maximum Gasteiger partial charge on any atom is 0.417 e. The third kappa shape index (κ3) is 5.30. The Hall–Kier alpha value is -3.48. The Morgan fingerprint density at radius 2 is 1.70 bits per heavy atom. The first-order valence-electron chi connectivity index (χ1n) is 9.58. The van der Waals surface area contributed by atoms with E-state index in [0.29, 0.717) is 18.7 Å². The summed E-state index contributed by atoms with van der Waals surface area (Å²) in [5.74, 6) is -0.701. The van der Waals surface area contributed by atoms with Crippen LogP contribution in [0, 0.1) is 0 Å². The zero-order valence-corrected chi connectivity index (χ0v) is 17.1. The van der Waals surface area contributed by atoms with E-state index in [-0.39, 0.29) is 34.5 Å². The molecule has 3 rings (SSSR count). The lowest BCUT2D eigenvalue weighted by Crippen LogP contribution is -2.27. The van der Waals surface area contributed by atoms with Crippen molar-refractivity contribution in [1.82, 2.24) is 20.3 Å². The van der Waals surface area contributed by atoms with E-state index in [9.17, 15) is 31.1 Å². The predicted octanol–water partition coefficient (Wildman–Crippen LogP) is 3.92. The maximum atomic E-state index is 13.4. The number of nitrogens with one attached hydrogen (secondary N) is 2. The van der Waals surface area contributed by atoms with Crippen molar-refractivity contribution in [3.63, 3.8) is 0 Å². The fraction of sp³-hybridized carbons (Fsp3) is 0.300. The number of likely N-dealkylation sites (N-methyl/N-ethyl adjacent to an activating group) is 1. The molecule has 0 aliphatic carbocycles. The third-order valence-electron chi connectivity index (χ3n) is 4.75. The molecule has 2 heterocycles. The summed E-state index contributed by atoms with van der Waals surface area (Å²) in [5, 5.41) is 5.84. The van der Waals surface area contributed by atoms with E-state index in [0.717, 1.165) is 12.4 Å². The number of nitrogens with two attached hydrogens (primary N) is 1. The van der Waals surface area contributed by atoms with Crippen LogP contribution in [0.2, 0.25) is 0 Å². The summed E-state index contributed by atoms with van der Waals surface area (Å²) in [5.41, 5.74) is 2.01. The van der Waals surface area contributed by atoms with Crippen LogP contribution in [0.25, 0.3) is 11.0 Å². The average Bonchev–Trinajstić information content (AvgIpc) is 2.74. The molecule has 13 heteroatoms. The topological polar surface area (TPSA) is 106 Å². The average molecular weight is 472 g/mol. The van der Waals surface area contributed by atoms with Crippen molar-refractivity contribution >= 4 is 22.8 Å². The van der Waals surface area contributed by atoms with E-state index in [1.54, 1.807) is 6.92 Å². The first-order valence-corrected chi connectivity index (χ1v) is 9.58. The van der Waals surface area contributed by atoms with Crippen molar-refractivity contribution < 1.29 is 31.1 Å². The lowest BCUT2D eigenvalue weighted by molar-refractivity contribution is -0.162. The van der Waals surface area contributed by atoms with Crippen LogP contribution in [0.1, 0.15) is 40.0 Å². The molecule has 0 bridgehead atoms. The van der Waals surface area contributed by atoms with Gasteiger partial charge in [-0.1, -0.05) is 13.0 Å².